The number of benzene rings is 2. The molecule has 0 saturated heterocycles. The molecule has 0 spiro atoms. The van der Waals surface area contributed by atoms with Crippen molar-refractivity contribution >= 4 is 23.6 Å². The van der Waals surface area contributed by atoms with E-state index in [1.54, 1.807) is 12.1 Å². The van der Waals surface area contributed by atoms with Crippen molar-refractivity contribution in [1.82, 2.24) is 0 Å². The van der Waals surface area contributed by atoms with Crippen molar-refractivity contribution in [3.05, 3.63) is 65.2 Å². The molecule has 0 heterocycles. The predicted molar refractivity (Wildman–Crippen MR) is 112 cm³/mol. The SMILES string of the molecule is CCCCCCOc1ccc(C=C(C#N)C(=O)Nc2ccc(C(=O)O)cc2)cc1. The Morgan fingerprint density at radius 1 is 1.07 bits per heavy atom. The highest BCUT2D eigenvalue weighted by Crippen LogP contribution is 2.16. The summed E-state index contributed by atoms with van der Waals surface area (Å²) in [5, 5.41) is 20.8. The van der Waals surface area contributed by atoms with Gasteiger partial charge in [0.25, 0.3) is 5.91 Å². The van der Waals surface area contributed by atoms with Crippen LogP contribution in [0.25, 0.3) is 6.08 Å². The molecule has 6 nitrogen and oxygen atoms in total. The standard InChI is InChI=1S/C23H24N2O4/c1-2-3-4-5-14-29-21-12-6-17(7-13-21)15-19(16-24)22(26)25-20-10-8-18(9-11-20)23(27)28/h6-13,15H,2-5,14H2,1H3,(H,25,26)(H,27,28). The maximum absolute atomic E-state index is 12.3. The van der Waals surface area contributed by atoms with E-state index < -0.39 is 11.9 Å². The molecule has 0 bridgehead atoms. The first-order valence-corrected chi connectivity index (χ1v) is 9.53. The Hall–Kier alpha value is -3.59. The number of unbranched alkanes of at least 4 members (excludes halogenated alkanes) is 3. The fraction of sp³-hybridized carbons (Fsp3) is 0.261. The van der Waals surface area contributed by atoms with Crippen LogP contribution in [0.5, 0.6) is 5.75 Å². The van der Waals surface area contributed by atoms with Gasteiger partial charge in [-0.3, -0.25) is 4.79 Å². The maximum Gasteiger partial charge on any atom is 0.335 e. The summed E-state index contributed by atoms with van der Waals surface area (Å²) in [5.41, 5.74) is 1.18. The van der Waals surface area contributed by atoms with E-state index in [4.69, 9.17) is 9.84 Å². The molecule has 2 rings (SSSR count). The van der Waals surface area contributed by atoms with Crippen LogP contribution in [0, 0.1) is 11.3 Å². The van der Waals surface area contributed by atoms with Crippen LogP contribution in [0.4, 0.5) is 5.69 Å². The third kappa shape index (κ3) is 7.15. The van der Waals surface area contributed by atoms with Crippen molar-refractivity contribution in [3.8, 4) is 11.8 Å². The fourth-order valence-electron chi connectivity index (χ4n) is 2.59. The van der Waals surface area contributed by atoms with Gasteiger partial charge in [-0.15, -0.1) is 0 Å². The van der Waals surface area contributed by atoms with E-state index >= 15 is 0 Å². The van der Waals surface area contributed by atoms with Crippen LogP contribution in [0.2, 0.25) is 0 Å². The van der Waals surface area contributed by atoms with Gasteiger partial charge in [-0.1, -0.05) is 38.3 Å². The van der Waals surface area contributed by atoms with Crippen molar-refractivity contribution in [3.63, 3.8) is 0 Å². The largest absolute Gasteiger partial charge is 0.494 e. The average Bonchev–Trinajstić information content (AvgIpc) is 2.73. The monoisotopic (exact) mass is 392 g/mol. The lowest BCUT2D eigenvalue weighted by Gasteiger charge is -2.07. The summed E-state index contributed by atoms with van der Waals surface area (Å²) in [7, 11) is 0. The van der Waals surface area contributed by atoms with Gasteiger partial charge in [-0.05, 0) is 54.5 Å². The maximum atomic E-state index is 12.3. The van der Waals surface area contributed by atoms with Gasteiger partial charge in [0.2, 0.25) is 0 Å². The number of aromatic carboxylic acids is 1. The Morgan fingerprint density at radius 3 is 2.34 bits per heavy atom. The number of carbonyl (C=O) groups is 2. The number of carbonyl (C=O) groups excluding carboxylic acids is 1. The summed E-state index contributed by atoms with van der Waals surface area (Å²) >= 11 is 0. The number of nitrogens with one attached hydrogen (secondary N) is 1. The van der Waals surface area contributed by atoms with Crippen LogP contribution < -0.4 is 10.1 Å². The average molecular weight is 392 g/mol. The van der Waals surface area contributed by atoms with Gasteiger partial charge in [0, 0.05) is 5.69 Å². The quantitative estimate of drug-likeness (QED) is 0.341. The number of hydrogen-bond acceptors (Lipinski definition) is 4. The van der Waals surface area contributed by atoms with Crippen LogP contribution in [-0.4, -0.2) is 23.6 Å². The molecule has 0 radical (unpaired) electrons. The van der Waals surface area contributed by atoms with Crippen LogP contribution in [0.3, 0.4) is 0 Å². The second-order valence-corrected chi connectivity index (χ2v) is 6.48. The Bertz CT molecular complexity index is 894. The van der Waals surface area contributed by atoms with E-state index in [0.717, 1.165) is 18.6 Å². The van der Waals surface area contributed by atoms with Crippen molar-refractivity contribution in [2.45, 2.75) is 32.6 Å². The highest BCUT2D eigenvalue weighted by Gasteiger charge is 2.10. The fourth-order valence-corrected chi connectivity index (χ4v) is 2.59. The molecule has 0 aliphatic carbocycles. The highest BCUT2D eigenvalue weighted by atomic mass is 16.5. The third-order valence-corrected chi connectivity index (χ3v) is 4.21. The van der Waals surface area contributed by atoms with Crippen LogP contribution in [0.15, 0.2) is 54.1 Å². The molecule has 2 aromatic rings. The lowest BCUT2D eigenvalue weighted by molar-refractivity contribution is -0.112. The molecule has 150 valence electrons. The number of ether oxygens (including phenoxy) is 1. The molecule has 0 aromatic heterocycles. The zero-order valence-electron chi connectivity index (χ0n) is 16.4. The van der Waals surface area contributed by atoms with Crippen molar-refractivity contribution in [2.75, 3.05) is 11.9 Å². The second kappa shape index (κ2) is 11.3. The summed E-state index contributed by atoms with van der Waals surface area (Å²) < 4.78 is 5.69. The van der Waals surface area contributed by atoms with Gasteiger partial charge in [-0.2, -0.15) is 5.26 Å². The first-order chi connectivity index (χ1) is 14.0. The van der Waals surface area contributed by atoms with Crippen LogP contribution in [0.1, 0.15) is 48.5 Å². The summed E-state index contributed by atoms with van der Waals surface area (Å²) in [6.07, 6.45) is 6.05. The molecule has 0 aliphatic rings. The number of amides is 1. The van der Waals surface area contributed by atoms with E-state index in [-0.39, 0.29) is 11.1 Å². The zero-order valence-corrected chi connectivity index (χ0v) is 16.4. The molecular weight excluding hydrogens is 368 g/mol. The van der Waals surface area contributed by atoms with Crippen molar-refractivity contribution < 1.29 is 19.4 Å². The summed E-state index contributed by atoms with van der Waals surface area (Å²) in [6.45, 7) is 2.83. The lowest BCUT2D eigenvalue weighted by atomic mass is 10.1. The lowest BCUT2D eigenvalue weighted by Crippen LogP contribution is -2.13. The third-order valence-electron chi connectivity index (χ3n) is 4.21. The van der Waals surface area contributed by atoms with E-state index in [9.17, 15) is 14.9 Å². The molecular formula is C23H24N2O4. The molecule has 2 aromatic carbocycles. The Kier molecular flexibility index (Phi) is 8.46. The van der Waals surface area contributed by atoms with E-state index in [1.165, 1.54) is 43.2 Å². The second-order valence-electron chi connectivity index (χ2n) is 6.48. The molecule has 0 fully saturated rings. The number of nitriles is 1. The molecule has 2 N–H and O–H groups in total. The van der Waals surface area contributed by atoms with Crippen LogP contribution in [-0.2, 0) is 4.79 Å². The number of carboxylic acids is 1. The molecule has 0 unspecified atom stereocenters. The number of carboxylic acid groups (broad SMARTS) is 1. The molecule has 1 amide bonds. The molecule has 0 saturated carbocycles. The minimum Gasteiger partial charge on any atom is -0.494 e. The minimum absolute atomic E-state index is 0.0551. The number of anilines is 1. The van der Waals surface area contributed by atoms with Gasteiger partial charge in [0.05, 0.1) is 12.2 Å². The Labute approximate surface area is 170 Å². The highest BCUT2D eigenvalue weighted by molar-refractivity contribution is 6.09. The molecule has 29 heavy (non-hydrogen) atoms. The number of rotatable bonds is 10. The summed E-state index contributed by atoms with van der Waals surface area (Å²) in [4.78, 5) is 23.2. The van der Waals surface area contributed by atoms with Gasteiger partial charge >= 0.3 is 5.97 Å². The molecule has 0 aliphatic heterocycles. The molecule has 0 atom stereocenters. The van der Waals surface area contributed by atoms with Gasteiger partial charge in [-0.25, -0.2) is 4.79 Å². The topological polar surface area (TPSA) is 99.4 Å². The van der Waals surface area contributed by atoms with E-state index in [2.05, 4.69) is 12.2 Å². The Morgan fingerprint density at radius 2 is 1.76 bits per heavy atom. The van der Waals surface area contributed by atoms with Crippen LogP contribution >= 0.6 is 0 Å². The van der Waals surface area contributed by atoms with Crippen molar-refractivity contribution in [2.24, 2.45) is 0 Å². The normalized spacial score (nSPS) is 10.8. The summed E-state index contributed by atoms with van der Waals surface area (Å²) in [5.74, 6) is -0.860. The number of hydrogen-bond donors (Lipinski definition) is 2. The van der Waals surface area contributed by atoms with E-state index in [0.29, 0.717) is 17.9 Å². The minimum atomic E-state index is -1.05. The summed E-state index contributed by atoms with van der Waals surface area (Å²) in [6, 6.07) is 14.8. The van der Waals surface area contributed by atoms with Gasteiger partial charge < -0.3 is 15.2 Å². The van der Waals surface area contributed by atoms with Gasteiger partial charge in [0.15, 0.2) is 0 Å². The van der Waals surface area contributed by atoms with Crippen molar-refractivity contribution in [1.29, 1.82) is 5.26 Å². The first kappa shape index (κ1) is 21.7. The smallest absolute Gasteiger partial charge is 0.335 e. The zero-order chi connectivity index (χ0) is 21.1. The first-order valence-electron chi connectivity index (χ1n) is 9.53. The molecule has 6 heteroatoms. The Balaban J connectivity index is 1.96. The van der Waals surface area contributed by atoms with Gasteiger partial charge in [0.1, 0.15) is 17.4 Å². The predicted octanol–water partition coefficient (Wildman–Crippen LogP) is 4.89. The number of nitrogens with zero attached hydrogens (tertiary/aromatic N) is 1. The van der Waals surface area contributed by atoms with E-state index in [1.807, 2.05) is 18.2 Å².